The molecule has 0 amide bonds. The van der Waals surface area contributed by atoms with Gasteiger partial charge in [-0.25, -0.2) is 0 Å². The fourth-order valence-corrected chi connectivity index (χ4v) is 2.11. The zero-order chi connectivity index (χ0) is 12.3. The molecule has 3 heteroatoms. The molecule has 1 rings (SSSR count). The van der Waals surface area contributed by atoms with Gasteiger partial charge in [-0.05, 0) is 41.1 Å². The minimum atomic E-state index is -0.276. The van der Waals surface area contributed by atoms with E-state index in [2.05, 4.69) is 0 Å². The van der Waals surface area contributed by atoms with Crippen LogP contribution in [0.3, 0.4) is 0 Å². The number of rotatable bonds is 3. The highest BCUT2D eigenvalue weighted by atomic mass is 35.5. The van der Waals surface area contributed by atoms with E-state index >= 15 is 0 Å². The Bertz CT molecular complexity index is 363. The van der Waals surface area contributed by atoms with Crippen LogP contribution in [0.25, 0.3) is 0 Å². The van der Waals surface area contributed by atoms with Crippen molar-refractivity contribution >= 4 is 28.4 Å². The van der Waals surface area contributed by atoms with E-state index in [1.807, 2.05) is 45.0 Å². The highest BCUT2D eigenvalue weighted by Crippen LogP contribution is 2.31. The van der Waals surface area contributed by atoms with Gasteiger partial charge in [-0.3, -0.25) is 4.79 Å². The van der Waals surface area contributed by atoms with Gasteiger partial charge >= 0.3 is 0 Å². The molecule has 88 valence electrons. The minimum absolute atomic E-state index is 0.127. The van der Waals surface area contributed by atoms with Crippen LogP contribution in [0.1, 0.15) is 26.3 Å². The zero-order valence-electron chi connectivity index (χ0n) is 9.76. The monoisotopic (exact) mass is 258 g/mol. The van der Waals surface area contributed by atoms with Crippen LogP contribution in [0, 0.1) is 11.3 Å². The molecule has 0 aliphatic rings. The summed E-state index contributed by atoms with van der Waals surface area (Å²) in [5.41, 5.74) is 0.955. The van der Waals surface area contributed by atoms with E-state index in [0.717, 1.165) is 5.56 Å². The van der Waals surface area contributed by atoms with E-state index in [1.54, 1.807) is 0 Å². The van der Waals surface area contributed by atoms with E-state index in [0.29, 0.717) is 11.4 Å². The summed E-state index contributed by atoms with van der Waals surface area (Å²) in [5.74, 6) is -0.171. The summed E-state index contributed by atoms with van der Waals surface area (Å²) in [6.07, 6.45) is 0.656. The van der Waals surface area contributed by atoms with Crippen molar-refractivity contribution in [2.45, 2.75) is 27.2 Å². The summed E-state index contributed by atoms with van der Waals surface area (Å²) in [5, 5.41) is 0.427. The summed E-state index contributed by atoms with van der Waals surface area (Å²) in [7, 11) is 0. The maximum atomic E-state index is 11.4. The highest BCUT2D eigenvalue weighted by Gasteiger charge is 2.30. The Hall–Kier alpha value is -0.530. The number of carbonyl (C=O) groups excluding carboxylic acids is 1. The van der Waals surface area contributed by atoms with Gasteiger partial charge in [0.15, 0.2) is 0 Å². The Morgan fingerprint density at radius 1 is 1.25 bits per heavy atom. The van der Waals surface area contributed by atoms with Crippen LogP contribution >= 0.6 is 23.2 Å². The van der Waals surface area contributed by atoms with E-state index in [-0.39, 0.29) is 16.6 Å². The first-order valence-electron chi connectivity index (χ1n) is 5.24. The summed E-state index contributed by atoms with van der Waals surface area (Å²) in [6.45, 7) is 6.07. The molecular weight excluding hydrogens is 243 g/mol. The fourth-order valence-electron chi connectivity index (χ4n) is 1.58. The van der Waals surface area contributed by atoms with Gasteiger partial charge in [-0.1, -0.05) is 44.5 Å². The first kappa shape index (κ1) is 13.5. The number of benzene rings is 1. The number of hydrogen-bond acceptors (Lipinski definition) is 1. The Kier molecular flexibility index (Phi) is 4.40. The van der Waals surface area contributed by atoms with Crippen molar-refractivity contribution in [3.8, 4) is 0 Å². The van der Waals surface area contributed by atoms with Gasteiger partial charge in [-0.15, -0.1) is 0 Å². The molecule has 0 radical (unpaired) electrons. The molecule has 0 fully saturated rings. The third-order valence-electron chi connectivity index (χ3n) is 2.67. The maximum absolute atomic E-state index is 11.4. The van der Waals surface area contributed by atoms with Crippen LogP contribution < -0.4 is 0 Å². The van der Waals surface area contributed by atoms with Crippen LogP contribution in [0.15, 0.2) is 24.3 Å². The highest BCUT2D eigenvalue weighted by molar-refractivity contribution is 6.64. The van der Waals surface area contributed by atoms with Gasteiger partial charge < -0.3 is 0 Å². The molecule has 0 heterocycles. The molecule has 0 saturated carbocycles. The van der Waals surface area contributed by atoms with Gasteiger partial charge in [0, 0.05) is 10.9 Å². The van der Waals surface area contributed by atoms with Gasteiger partial charge in [0.1, 0.15) is 0 Å². The SMILES string of the molecule is CC(C)(C)C(Cc1ccc(Cl)cc1)C(=O)Cl. The maximum Gasteiger partial charge on any atom is 0.225 e. The Morgan fingerprint density at radius 2 is 1.75 bits per heavy atom. The molecule has 0 bridgehead atoms. The largest absolute Gasteiger partial charge is 0.281 e. The average Bonchev–Trinajstić information content (AvgIpc) is 2.14. The van der Waals surface area contributed by atoms with E-state index in [1.165, 1.54) is 0 Å². The molecule has 0 aliphatic carbocycles. The first-order chi connectivity index (χ1) is 7.30. The molecule has 0 aliphatic heterocycles. The number of carbonyl (C=O) groups is 1. The molecule has 0 spiro atoms. The summed E-state index contributed by atoms with van der Waals surface area (Å²) in [4.78, 5) is 11.4. The molecule has 0 saturated heterocycles. The van der Waals surface area contributed by atoms with Gasteiger partial charge in [0.25, 0.3) is 0 Å². The Balaban J connectivity index is 2.84. The van der Waals surface area contributed by atoms with Crippen LogP contribution in [-0.4, -0.2) is 5.24 Å². The first-order valence-corrected chi connectivity index (χ1v) is 6.00. The molecule has 1 unspecified atom stereocenters. The van der Waals surface area contributed by atoms with Crippen molar-refractivity contribution in [1.29, 1.82) is 0 Å². The van der Waals surface area contributed by atoms with Crippen LogP contribution in [0.2, 0.25) is 5.02 Å². The Labute approximate surface area is 107 Å². The third-order valence-corrected chi connectivity index (χ3v) is 3.19. The lowest BCUT2D eigenvalue weighted by molar-refractivity contribution is -0.118. The standard InChI is InChI=1S/C13H16Cl2O/c1-13(2,3)11(12(15)16)8-9-4-6-10(14)7-5-9/h4-7,11H,8H2,1-3H3. The fraction of sp³-hybridized carbons (Fsp3) is 0.462. The lowest BCUT2D eigenvalue weighted by Crippen LogP contribution is -2.27. The van der Waals surface area contributed by atoms with Crippen molar-refractivity contribution in [1.82, 2.24) is 0 Å². The summed E-state index contributed by atoms with van der Waals surface area (Å²) < 4.78 is 0. The molecule has 0 N–H and O–H groups in total. The lowest BCUT2D eigenvalue weighted by Gasteiger charge is -2.27. The molecule has 1 atom stereocenters. The van der Waals surface area contributed by atoms with Gasteiger partial charge in [0.2, 0.25) is 5.24 Å². The minimum Gasteiger partial charge on any atom is -0.281 e. The second-order valence-corrected chi connectivity index (χ2v) is 5.86. The van der Waals surface area contributed by atoms with Gasteiger partial charge in [0.05, 0.1) is 0 Å². The molecule has 16 heavy (non-hydrogen) atoms. The van der Waals surface area contributed by atoms with Crippen LogP contribution in [-0.2, 0) is 11.2 Å². The topological polar surface area (TPSA) is 17.1 Å². The lowest BCUT2D eigenvalue weighted by atomic mass is 9.78. The Morgan fingerprint density at radius 3 is 2.12 bits per heavy atom. The number of hydrogen-bond donors (Lipinski definition) is 0. The van der Waals surface area contributed by atoms with Crippen molar-refractivity contribution in [3.05, 3.63) is 34.9 Å². The van der Waals surface area contributed by atoms with Gasteiger partial charge in [-0.2, -0.15) is 0 Å². The van der Waals surface area contributed by atoms with Crippen molar-refractivity contribution < 1.29 is 4.79 Å². The second kappa shape index (κ2) is 5.20. The molecular formula is C13H16Cl2O. The van der Waals surface area contributed by atoms with Crippen molar-refractivity contribution in [2.24, 2.45) is 11.3 Å². The van der Waals surface area contributed by atoms with Crippen molar-refractivity contribution in [3.63, 3.8) is 0 Å². The van der Waals surface area contributed by atoms with E-state index < -0.39 is 0 Å². The normalized spacial score (nSPS) is 13.6. The molecule has 0 aromatic heterocycles. The predicted octanol–water partition coefficient (Wildman–Crippen LogP) is 4.31. The number of halogens is 2. The second-order valence-electron chi connectivity index (χ2n) is 5.05. The van der Waals surface area contributed by atoms with E-state index in [4.69, 9.17) is 23.2 Å². The summed E-state index contributed by atoms with van der Waals surface area (Å²) in [6, 6.07) is 7.52. The van der Waals surface area contributed by atoms with Crippen molar-refractivity contribution in [2.75, 3.05) is 0 Å². The van der Waals surface area contributed by atoms with Crippen LogP contribution in [0.4, 0.5) is 0 Å². The molecule has 1 aromatic rings. The summed E-state index contributed by atoms with van der Waals surface area (Å²) >= 11 is 11.5. The van der Waals surface area contributed by atoms with Crippen LogP contribution in [0.5, 0.6) is 0 Å². The smallest absolute Gasteiger partial charge is 0.225 e. The zero-order valence-corrected chi connectivity index (χ0v) is 11.3. The third kappa shape index (κ3) is 3.80. The predicted molar refractivity (Wildman–Crippen MR) is 69.0 cm³/mol. The molecule has 1 nitrogen and oxygen atoms in total. The van der Waals surface area contributed by atoms with E-state index in [9.17, 15) is 4.79 Å². The average molecular weight is 259 g/mol. The molecule has 1 aromatic carbocycles. The quantitative estimate of drug-likeness (QED) is 0.739.